The quantitative estimate of drug-likeness (QED) is 0.536. The van der Waals surface area contributed by atoms with Crippen LogP contribution in [0.2, 0.25) is 0 Å². The molecule has 1 aliphatic heterocycles. The third kappa shape index (κ3) is 0.908. The Hall–Kier alpha value is -0.240. The summed E-state index contributed by atoms with van der Waals surface area (Å²) in [6.07, 6.45) is 0. The number of thioether (sulfide) groups is 1. The summed E-state index contributed by atoms with van der Waals surface area (Å²) in [5.74, 6) is 0. The van der Waals surface area contributed by atoms with Crippen molar-refractivity contribution in [3.05, 3.63) is 10.5 Å². The average molecular weight is 156 g/mol. The predicted molar refractivity (Wildman–Crippen MR) is 44.8 cm³/mol. The lowest BCUT2D eigenvalue weighted by Gasteiger charge is -2.36. The highest BCUT2D eigenvalue weighted by Crippen LogP contribution is 2.51. The third-order valence-electron chi connectivity index (χ3n) is 1.73. The van der Waals surface area contributed by atoms with Crippen LogP contribution in [-0.4, -0.2) is 5.12 Å². The first-order chi connectivity index (χ1) is 4.46. The molecular formula is C8H12OS. The molecule has 0 saturated carbocycles. The van der Waals surface area contributed by atoms with Gasteiger partial charge in [0.15, 0.2) is 0 Å². The van der Waals surface area contributed by atoms with Crippen molar-refractivity contribution < 1.29 is 4.79 Å². The van der Waals surface area contributed by atoms with E-state index in [1.165, 1.54) is 22.2 Å². The van der Waals surface area contributed by atoms with Crippen LogP contribution < -0.4 is 0 Å². The minimum absolute atomic E-state index is 0.177. The second-order valence-electron chi connectivity index (χ2n) is 3.34. The van der Waals surface area contributed by atoms with E-state index in [-0.39, 0.29) is 5.41 Å². The van der Waals surface area contributed by atoms with Gasteiger partial charge in [-0.1, -0.05) is 17.3 Å². The van der Waals surface area contributed by atoms with E-state index in [9.17, 15) is 4.79 Å². The van der Waals surface area contributed by atoms with Gasteiger partial charge in [0, 0.05) is 4.91 Å². The summed E-state index contributed by atoms with van der Waals surface area (Å²) in [6.45, 7) is 8.06. The van der Waals surface area contributed by atoms with Gasteiger partial charge >= 0.3 is 0 Å². The molecular weight excluding hydrogens is 144 g/mol. The zero-order chi connectivity index (χ0) is 7.94. The van der Waals surface area contributed by atoms with E-state index in [2.05, 4.69) is 13.8 Å². The molecule has 2 heteroatoms. The molecule has 0 aliphatic carbocycles. The van der Waals surface area contributed by atoms with Gasteiger partial charge in [0.25, 0.3) is 0 Å². The molecule has 0 N–H and O–H groups in total. The van der Waals surface area contributed by atoms with E-state index in [0.717, 1.165) is 0 Å². The number of carbonyl (C=O) groups excluding carboxylic acids is 1. The fraction of sp³-hybridized carbons (Fsp3) is 0.625. The first-order valence-electron chi connectivity index (χ1n) is 3.36. The van der Waals surface area contributed by atoms with Crippen LogP contribution >= 0.6 is 11.8 Å². The molecule has 1 rings (SSSR count). The van der Waals surface area contributed by atoms with Crippen LogP contribution in [-0.2, 0) is 4.79 Å². The maximum Gasteiger partial charge on any atom is 0.203 e. The highest BCUT2D eigenvalue weighted by Gasteiger charge is 2.44. The fourth-order valence-corrected chi connectivity index (χ4v) is 2.06. The van der Waals surface area contributed by atoms with Crippen molar-refractivity contribution in [3.8, 4) is 0 Å². The van der Waals surface area contributed by atoms with Crippen LogP contribution in [0.25, 0.3) is 0 Å². The van der Waals surface area contributed by atoms with Crippen molar-refractivity contribution in [2.45, 2.75) is 27.7 Å². The molecule has 10 heavy (non-hydrogen) atoms. The Morgan fingerprint density at radius 3 is 2.00 bits per heavy atom. The SMILES string of the molecule is CC(C)=C1SC(=O)C1(C)C. The second-order valence-corrected chi connectivity index (χ2v) is 4.33. The average Bonchev–Trinajstić information content (AvgIpc) is 1.82. The van der Waals surface area contributed by atoms with Gasteiger partial charge in [-0.15, -0.1) is 0 Å². The molecule has 0 radical (unpaired) electrons. The summed E-state index contributed by atoms with van der Waals surface area (Å²) >= 11 is 1.38. The lowest BCUT2D eigenvalue weighted by molar-refractivity contribution is -0.117. The Kier molecular flexibility index (Phi) is 1.67. The summed E-state index contributed by atoms with van der Waals surface area (Å²) in [5, 5.41) is 0.295. The number of carbonyl (C=O) groups is 1. The molecule has 1 saturated heterocycles. The number of rotatable bonds is 0. The van der Waals surface area contributed by atoms with Gasteiger partial charge in [0.1, 0.15) is 0 Å². The molecule has 0 aromatic carbocycles. The Labute approximate surface area is 65.9 Å². The molecule has 1 fully saturated rings. The smallest absolute Gasteiger partial charge is 0.203 e. The first-order valence-corrected chi connectivity index (χ1v) is 4.18. The summed E-state index contributed by atoms with van der Waals surface area (Å²) in [4.78, 5) is 12.2. The van der Waals surface area contributed by atoms with Gasteiger partial charge in [-0.05, 0) is 27.7 Å². The van der Waals surface area contributed by atoms with Crippen molar-refractivity contribution in [2.75, 3.05) is 0 Å². The van der Waals surface area contributed by atoms with Gasteiger partial charge in [-0.25, -0.2) is 0 Å². The van der Waals surface area contributed by atoms with Gasteiger partial charge < -0.3 is 0 Å². The highest BCUT2D eigenvalue weighted by atomic mass is 32.2. The van der Waals surface area contributed by atoms with E-state index in [4.69, 9.17) is 0 Å². The van der Waals surface area contributed by atoms with E-state index in [1.807, 2.05) is 13.8 Å². The Morgan fingerprint density at radius 1 is 1.40 bits per heavy atom. The van der Waals surface area contributed by atoms with Crippen molar-refractivity contribution in [3.63, 3.8) is 0 Å². The van der Waals surface area contributed by atoms with E-state index >= 15 is 0 Å². The predicted octanol–water partition coefficient (Wildman–Crippen LogP) is 2.58. The number of allylic oxidation sites excluding steroid dienone is 2. The molecule has 56 valence electrons. The van der Waals surface area contributed by atoms with Crippen LogP contribution in [0.3, 0.4) is 0 Å². The molecule has 1 nitrogen and oxygen atoms in total. The van der Waals surface area contributed by atoms with Crippen LogP contribution in [0, 0.1) is 5.41 Å². The normalized spacial score (nSPS) is 22.4. The number of hydrogen-bond acceptors (Lipinski definition) is 2. The molecule has 1 aliphatic rings. The molecule has 0 atom stereocenters. The fourth-order valence-electron chi connectivity index (χ4n) is 1.12. The van der Waals surface area contributed by atoms with Gasteiger partial charge in [0.05, 0.1) is 5.41 Å². The van der Waals surface area contributed by atoms with E-state index in [1.54, 1.807) is 0 Å². The Balaban J connectivity index is 2.93. The lowest BCUT2D eigenvalue weighted by atomic mass is 9.91. The van der Waals surface area contributed by atoms with Crippen molar-refractivity contribution in [1.82, 2.24) is 0 Å². The minimum Gasteiger partial charge on any atom is -0.286 e. The lowest BCUT2D eigenvalue weighted by Crippen LogP contribution is -2.33. The molecule has 0 amide bonds. The van der Waals surface area contributed by atoms with Crippen molar-refractivity contribution in [1.29, 1.82) is 0 Å². The van der Waals surface area contributed by atoms with Crippen LogP contribution in [0.5, 0.6) is 0 Å². The summed E-state index contributed by atoms with van der Waals surface area (Å²) in [7, 11) is 0. The molecule has 0 aromatic rings. The zero-order valence-corrected chi connectivity index (χ0v) is 7.63. The molecule has 0 aromatic heterocycles. The summed E-state index contributed by atoms with van der Waals surface area (Å²) in [5.41, 5.74) is 1.10. The van der Waals surface area contributed by atoms with Crippen LogP contribution in [0.1, 0.15) is 27.7 Å². The Morgan fingerprint density at radius 2 is 1.90 bits per heavy atom. The number of hydrogen-bond donors (Lipinski definition) is 0. The molecule has 1 heterocycles. The van der Waals surface area contributed by atoms with Gasteiger partial charge in [0.2, 0.25) is 5.12 Å². The molecule has 0 bridgehead atoms. The summed E-state index contributed by atoms with van der Waals surface area (Å²) < 4.78 is 0. The Bertz CT molecular complexity index is 209. The highest BCUT2D eigenvalue weighted by molar-refractivity contribution is 8.19. The molecule has 0 spiro atoms. The standard InChI is InChI=1S/C8H12OS/c1-5(2)6-8(3,4)7(9)10-6/h1-4H3. The van der Waals surface area contributed by atoms with Crippen LogP contribution in [0.4, 0.5) is 0 Å². The van der Waals surface area contributed by atoms with Gasteiger partial charge in [-0.2, -0.15) is 0 Å². The van der Waals surface area contributed by atoms with Crippen molar-refractivity contribution in [2.24, 2.45) is 5.41 Å². The first kappa shape index (κ1) is 7.86. The van der Waals surface area contributed by atoms with E-state index < -0.39 is 0 Å². The van der Waals surface area contributed by atoms with Gasteiger partial charge in [-0.3, -0.25) is 4.79 Å². The topological polar surface area (TPSA) is 17.1 Å². The maximum atomic E-state index is 11.0. The van der Waals surface area contributed by atoms with Crippen LogP contribution in [0.15, 0.2) is 10.5 Å². The second kappa shape index (κ2) is 2.12. The zero-order valence-electron chi connectivity index (χ0n) is 6.82. The van der Waals surface area contributed by atoms with E-state index in [0.29, 0.717) is 5.12 Å². The third-order valence-corrected chi connectivity index (χ3v) is 3.55. The van der Waals surface area contributed by atoms with Crippen molar-refractivity contribution >= 4 is 16.9 Å². The largest absolute Gasteiger partial charge is 0.286 e. The maximum absolute atomic E-state index is 11.0. The summed E-state index contributed by atoms with van der Waals surface area (Å²) in [6, 6.07) is 0. The minimum atomic E-state index is -0.177. The monoisotopic (exact) mass is 156 g/mol. The molecule has 0 unspecified atom stereocenters.